The summed E-state index contributed by atoms with van der Waals surface area (Å²) in [6.07, 6.45) is 0. The Bertz CT molecular complexity index is 721. The molecule has 0 fully saturated rings. The molecule has 6 nitrogen and oxygen atoms in total. The number of anilines is 1. The number of carboxylic acids is 1. The summed E-state index contributed by atoms with van der Waals surface area (Å²) >= 11 is 6.49. The maximum absolute atomic E-state index is 12.3. The molecule has 1 heterocycles. The zero-order chi connectivity index (χ0) is 15.7. The highest BCUT2D eigenvalue weighted by Crippen LogP contribution is 2.31. The topological polar surface area (TPSA) is 95.1 Å². The Morgan fingerprint density at radius 3 is 2.48 bits per heavy atom. The molecule has 1 aromatic carbocycles. The van der Waals surface area contributed by atoms with Gasteiger partial charge in [-0.05, 0) is 41.9 Å². The van der Waals surface area contributed by atoms with Gasteiger partial charge in [-0.3, -0.25) is 9.89 Å². The molecule has 0 unspecified atom stereocenters. The number of aryl methyl sites for hydroxylation is 2. The van der Waals surface area contributed by atoms with E-state index in [4.69, 9.17) is 0 Å². The van der Waals surface area contributed by atoms with Crippen LogP contribution in [0, 0.1) is 13.8 Å². The molecule has 2 rings (SSSR count). The molecule has 1 aromatic heterocycles. The average molecular weight is 417 g/mol. The van der Waals surface area contributed by atoms with Crippen LogP contribution in [0.3, 0.4) is 0 Å². The zero-order valence-electron chi connectivity index (χ0n) is 11.1. The number of hydrogen-bond acceptors (Lipinski definition) is 3. The van der Waals surface area contributed by atoms with Gasteiger partial charge in [0.2, 0.25) is 0 Å². The third-order valence-corrected chi connectivity index (χ3v) is 3.96. The molecule has 0 saturated heterocycles. The first-order valence-electron chi connectivity index (χ1n) is 5.86. The van der Waals surface area contributed by atoms with E-state index in [1.165, 1.54) is 6.07 Å². The fraction of sp³-hybridized carbons (Fsp3) is 0.154. The minimum atomic E-state index is -1.13. The Labute approximate surface area is 137 Å². The van der Waals surface area contributed by atoms with Crippen molar-refractivity contribution in [3.05, 3.63) is 43.6 Å². The van der Waals surface area contributed by atoms with Crippen molar-refractivity contribution < 1.29 is 14.7 Å². The van der Waals surface area contributed by atoms with Crippen molar-refractivity contribution in [2.45, 2.75) is 13.8 Å². The van der Waals surface area contributed by atoms with Crippen LogP contribution >= 0.6 is 31.9 Å². The SMILES string of the molecule is Cc1n[nH]c(C)c1C(=O)Nc1c(Br)cc(Br)cc1C(=O)O. The summed E-state index contributed by atoms with van der Waals surface area (Å²) in [6, 6.07) is 3.09. The molecule has 0 aliphatic rings. The number of carbonyl (C=O) groups is 2. The highest BCUT2D eigenvalue weighted by molar-refractivity contribution is 9.11. The van der Waals surface area contributed by atoms with Crippen molar-refractivity contribution in [3.63, 3.8) is 0 Å². The van der Waals surface area contributed by atoms with Gasteiger partial charge in [0.25, 0.3) is 5.91 Å². The number of halogens is 2. The van der Waals surface area contributed by atoms with Gasteiger partial charge in [-0.25, -0.2) is 4.79 Å². The van der Waals surface area contributed by atoms with Crippen LogP contribution in [0.1, 0.15) is 32.1 Å². The molecule has 0 bridgehead atoms. The molecule has 0 aliphatic heterocycles. The maximum Gasteiger partial charge on any atom is 0.337 e. The number of H-pyrrole nitrogens is 1. The van der Waals surface area contributed by atoms with Crippen molar-refractivity contribution in [1.29, 1.82) is 0 Å². The van der Waals surface area contributed by atoms with Gasteiger partial charge < -0.3 is 10.4 Å². The first kappa shape index (κ1) is 15.7. The average Bonchev–Trinajstić information content (AvgIpc) is 2.71. The largest absolute Gasteiger partial charge is 0.478 e. The van der Waals surface area contributed by atoms with Crippen LogP contribution in [0.5, 0.6) is 0 Å². The van der Waals surface area contributed by atoms with Crippen LogP contribution in [0.15, 0.2) is 21.1 Å². The van der Waals surface area contributed by atoms with Crippen LogP contribution in [0.2, 0.25) is 0 Å². The molecule has 0 atom stereocenters. The lowest BCUT2D eigenvalue weighted by molar-refractivity contribution is 0.0698. The van der Waals surface area contributed by atoms with Crippen molar-refractivity contribution >= 4 is 49.4 Å². The molecule has 0 spiro atoms. The van der Waals surface area contributed by atoms with E-state index >= 15 is 0 Å². The maximum atomic E-state index is 12.3. The number of aromatic carboxylic acids is 1. The summed E-state index contributed by atoms with van der Waals surface area (Å²) in [6.45, 7) is 3.43. The zero-order valence-corrected chi connectivity index (χ0v) is 14.3. The first-order chi connectivity index (χ1) is 9.81. The highest BCUT2D eigenvalue weighted by Gasteiger charge is 2.20. The number of aromatic nitrogens is 2. The van der Waals surface area contributed by atoms with Crippen LogP contribution in [-0.4, -0.2) is 27.2 Å². The third kappa shape index (κ3) is 3.16. The van der Waals surface area contributed by atoms with Crippen LogP contribution in [0.25, 0.3) is 0 Å². The molecular weight excluding hydrogens is 406 g/mol. The minimum Gasteiger partial charge on any atom is -0.478 e. The number of amides is 1. The van der Waals surface area contributed by atoms with E-state index < -0.39 is 11.9 Å². The first-order valence-corrected chi connectivity index (χ1v) is 7.45. The van der Waals surface area contributed by atoms with Gasteiger partial charge in [-0.15, -0.1) is 0 Å². The molecular formula is C13H11Br2N3O3. The smallest absolute Gasteiger partial charge is 0.337 e. The number of nitrogens with one attached hydrogen (secondary N) is 2. The summed E-state index contributed by atoms with van der Waals surface area (Å²) in [5, 5.41) is 18.5. The lowest BCUT2D eigenvalue weighted by atomic mass is 10.1. The van der Waals surface area contributed by atoms with Crippen molar-refractivity contribution in [2.75, 3.05) is 5.32 Å². The molecule has 0 aliphatic carbocycles. The predicted octanol–water partition coefficient (Wildman–Crippen LogP) is 3.50. The van der Waals surface area contributed by atoms with E-state index in [1.807, 2.05) is 0 Å². The Morgan fingerprint density at radius 1 is 1.29 bits per heavy atom. The van der Waals surface area contributed by atoms with Crippen LogP contribution in [-0.2, 0) is 0 Å². The van der Waals surface area contributed by atoms with E-state index in [-0.39, 0.29) is 11.3 Å². The van der Waals surface area contributed by atoms with E-state index in [9.17, 15) is 14.7 Å². The van der Waals surface area contributed by atoms with Crippen LogP contribution < -0.4 is 5.32 Å². The summed E-state index contributed by atoms with van der Waals surface area (Å²) in [4.78, 5) is 23.6. The molecule has 0 radical (unpaired) electrons. The normalized spacial score (nSPS) is 10.5. The Hall–Kier alpha value is -1.67. The quantitative estimate of drug-likeness (QED) is 0.713. The summed E-state index contributed by atoms with van der Waals surface area (Å²) in [7, 11) is 0. The van der Waals surface area contributed by atoms with E-state index in [2.05, 4.69) is 47.4 Å². The van der Waals surface area contributed by atoms with E-state index in [0.29, 0.717) is 25.9 Å². The second-order valence-electron chi connectivity index (χ2n) is 4.38. The van der Waals surface area contributed by atoms with E-state index in [0.717, 1.165) is 0 Å². The number of hydrogen-bond donors (Lipinski definition) is 3. The van der Waals surface area contributed by atoms with E-state index in [1.54, 1.807) is 19.9 Å². The lowest BCUT2D eigenvalue weighted by Gasteiger charge is -2.11. The molecule has 110 valence electrons. The van der Waals surface area contributed by atoms with Gasteiger partial charge in [-0.2, -0.15) is 5.10 Å². The highest BCUT2D eigenvalue weighted by atomic mass is 79.9. The fourth-order valence-corrected chi connectivity index (χ4v) is 3.26. The Kier molecular flexibility index (Phi) is 4.48. The molecule has 0 saturated carbocycles. The Balaban J connectivity index is 2.45. The predicted molar refractivity (Wildman–Crippen MR) is 84.8 cm³/mol. The van der Waals surface area contributed by atoms with Gasteiger partial charge in [0, 0.05) is 14.6 Å². The third-order valence-electron chi connectivity index (χ3n) is 2.88. The summed E-state index contributed by atoms with van der Waals surface area (Å²) < 4.78 is 1.07. The van der Waals surface area contributed by atoms with Crippen molar-refractivity contribution in [3.8, 4) is 0 Å². The van der Waals surface area contributed by atoms with Crippen molar-refractivity contribution in [1.82, 2.24) is 10.2 Å². The standard InChI is InChI=1S/C13H11Br2N3O3/c1-5-10(6(2)18-17-5)12(19)16-11-8(13(20)21)3-7(14)4-9(11)15/h3-4H,1-2H3,(H,16,19)(H,17,18)(H,20,21). The second-order valence-corrected chi connectivity index (χ2v) is 6.15. The summed E-state index contributed by atoms with van der Waals surface area (Å²) in [5.74, 6) is -1.54. The lowest BCUT2D eigenvalue weighted by Crippen LogP contribution is -2.16. The van der Waals surface area contributed by atoms with Gasteiger partial charge in [0.1, 0.15) is 0 Å². The molecule has 8 heteroatoms. The number of nitrogens with zero attached hydrogens (tertiary/aromatic N) is 1. The number of rotatable bonds is 3. The van der Waals surface area contributed by atoms with Gasteiger partial charge in [0.15, 0.2) is 0 Å². The van der Waals surface area contributed by atoms with Gasteiger partial charge >= 0.3 is 5.97 Å². The number of carbonyl (C=O) groups excluding carboxylic acids is 1. The summed E-state index contributed by atoms with van der Waals surface area (Å²) in [5.41, 5.74) is 1.77. The van der Waals surface area contributed by atoms with Gasteiger partial charge in [-0.1, -0.05) is 15.9 Å². The minimum absolute atomic E-state index is 0.0107. The second kappa shape index (κ2) is 5.98. The molecule has 3 N–H and O–H groups in total. The fourth-order valence-electron chi connectivity index (χ4n) is 1.93. The number of carboxylic acid groups (broad SMARTS) is 1. The molecule has 2 aromatic rings. The molecule has 1 amide bonds. The Morgan fingerprint density at radius 2 is 1.95 bits per heavy atom. The van der Waals surface area contributed by atoms with Gasteiger partial charge in [0.05, 0.1) is 22.5 Å². The number of benzene rings is 1. The van der Waals surface area contributed by atoms with Crippen molar-refractivity contribution in [2.24, 2.45) is 0 Å². The van der Waals surface area contributed by atoms with Crippen LogP contribution in [0.4, 0.5) is 5.69 Å². The molecule has 21 heavy (non-hydrogen) atoms. The number of aromatic amines is 1. The monoisotopic (exact) mass is 415 g/mol.